The number of rotatable bonds is 3. The Hall–Kier alpha value is -1.64. The maximum absolute atomic E-state index is 9.16. The van der Waals surface area contributed by atoms with Crippen LogP contribution >= 0.6 is 0 Å². The summed E-state index contributed by atoms with van der Waals surface area (Å²) in [6, 6.07) is 1.86. The van der Waals surface area contributed by atoms with Crippen molar-refractivity contribution in [3.8, 4) is 0 Å². The third-order valence-corrected chi connectivity index (χ3v) is 2.88. The van der Waals surface area contributed by atoms with E-state index in [1.165, 1.54) is 0 Å². The van der Waals surface area contributed by atoms with Crippen molar-refractivity contribution in [1.29, 1.82) is 0 Å². The molecule has 2 unspecified atom stereocenters. The zero-order chi connectivity index (χ0) is 13.1. The Morgan fingerprint density at radius 3 is 3.06 bits per heavy atom. The lowest BCUT2D eigenvalue weighted by Crippen LogP contribution is -2.50. The summed E-state index contributed by atoms with van der Waals surface area (Å²) in [6.07, 6.45) is -0.216. The van der Waals surface area contributed by atoms with Gasteiger partial charge < -0.3 is 25.9 Å². The molecule has 8 nitrogen and oxygen atoms in total. The number of anilines is 3. The Morgan fingerprint density at radius 1 is 1.61 bits per heavy atom. The van der Waals surface area contributed by atoms with E-state index in [9.17, 15) is 0 Å². The molecule has 0 spiro atoms. The van der Waals surface area contributed by atoms with Gasteiger partial charge in [-0.1, -0.05) is 0 Å². The van der Waals surface area contributed by atoms with E-state index in [-0.39, 0.29) is 24.7 Å². The molecule has 2 rings (SSSR count). The van der Waals surface area contributed by atoms with E-state index in [1.807, 2.05) is 11.8 Å². The second-order valence-corrected chi connectivity index (χ2v) is 4.25. The lowest BCUT2D eigenvalue weighted by atomic mass is 10.2. The van der Waals surface area contributed by atoms with E-state index in [0.29, 0.717) is 24.8 Å². The van der Waals surface area contributed by atoms with Gasteiger partial charge in [-0.05, 0) is 6.92 Å². The summed E-state index contributed by atoms with van der Waals surface area (Å²) in [5, 5.41) is 9.16. The Labute approximate surface area is 105 Å². The van der Waals surface area contributed by atoms with Crippen LogP contribution < -0.4 is 21.9 Å². The maximum atomic E-state index is 9.16. The van der Waals surface area contributed by atoms with Crippen molar-refractivity contribution in [1.82, 2.24) is 9.97 Å². The van der Waals surface area contributed by atoms with Gasteiger partial charge in [0, 0.05) is 12.6 Å². The summed E-state index contributed by atoms with van der Waals surface area (Å²) < 4.78 is 5.47. The van der Waals surface area contributed by atoms with Gasteiger partial charge >= 0.3 is 0 Å². The van der Waals surface area contributed by atoms with Crippen LogP contribution in [-0.2, 0) is 4.74 Å². The number of morpholine rings is 1. The number of hydrogen-bond acceptors (Lipinski definition) is 8. The highest BCUT2D eigenvalue weighted by Crippen LogP contribution is 2.22. The zero-order valence-electron chi connectivity index (χ0n) is 10.2. The first-order chi connectivity index (χ1) is 8.63. The lowest BCUT2D eigenvalue weighted by Gasteiger charge is -2.38. The third-order valence-electron chi connectivity index (χ3n) is 2.88. The van der Waals surface area contributed by atoms with Crippen LogP contribution in [0.2, 0.25) is 0 Å². The molecule has 1 aliphatic heterocycles. The molecular weight excluding hydrogens is 236 g/mol. The number of nitrogens with one attached hydrogen (secondary N) is 1. The highest BCUT2D eigenvalue weighted by molar-refractivity contribution is 5.53. The fourth-order valence-electron chi connectivity index (χ4n) is 1.92. The fourth-order valence-corrected chi connectivity index (χ4v) is 1.92. The van der Waals surface area contributed by atoms with Crippen molar-refractivity contribution < 1.29 is 9.84 Å². The van der Waals surface area contributed by atoms with E-state index < -0.39 is 0 Å². The van der Waals surface area contributed by atoms with Crippen LogP contribution in [0.5, 0.6) is 0 Å². The van der Waals surface area contributed by atoms with Gasteiger partial charge in [-0.15, -0.1) is 0 Å². The quantitative estimate of drug-likeness (QED) is 0.397. The molecule has 2 heterocycles. The topological polar surface area (TPSA) is 123 Å². The Bertz CT molecular complexity index is 415. The summed E-state index contributed by atoms with van der Waals surface area (Å²) in [7, 11) is 0. The van der Waals surface area contributed by atoms with E-state index in [1.54, 1.807) is 6.07 Å². The molecule has 6 N–H and O–H groups in total. The second kappa shape index (κ2) is 5.34. The molecule has 100 valence electrons. The van der Waals surface area contributed by atoms with Gasteiger partial charge in [-0.3, -0.25) is 0 Å². The van der Waals surface area contributed by atoms with Crippen LogP contribution in [-0.4, -0.2) is 47.0 Å². The van der Waals surface area contributed by atoms with Gasteiger partial charge in [0.2, 0.25) is 5.95 Å². The van der Waals surface area contributed by atoms with Crippen molar-refractivity contribution in [3.05, 3.63) is 6.07 Å². The normalized spacial score (nSPS) is 24.1. The van der Waals surface area contributed by atoms with Crippen molar-refractivity contribution >= 4 is 17.6 Å². The number of hydrazine groups is 1. The SMILES string of the molecule is CC1COC(CO)CN1c1cc(NN)nc(N)n1. The fraction of sp³-hybridized carbons (Fsp3) is 0.600. The summed E-state index contributed by atoms with van der Waals surface area (Å²) in [4.78, 5) is 10.1. The van der Waals surface area contributed by atoms with Gasteiger partial charge in [0.15, 0.2) is 0 Å². The first-order valence-corrected chi connectivity index (χ1v) is 5.74. The second-order valence-electron chi connectivity index (χ2n) is 4.25. The van der Waals surface area contributed by atoms with E-state index in [0.717, 1.165) is 0 Å². The molecule has 1 aliphatic rings. The van der Waals surface area contributed by atoms with Gasteiger partial charge in [0.25, 0.3) is 0 Å². The standard InChI is InChI=1S/C10H18N6O2/c1-6-5-18-7(4-17)3-16(6)9-2-8(15-12)13-10(11)14-9/h2,6-7,17H,3-5,12H2,1H3,(H3,11,13,14,15). The predicted molar refractivity (Wildman–Crippen MR) is 67.9 cm³/mol. The highest BCUT2D eigenvalue weighted by Gasteiger charge is 2.27. The van der Waals surface area contributed by atoms with Crippen molar-refractivity contribution in [2.75, 3.05) is 35.8 Å². The number of ether oxygens (including phenoxy) is 1. The Balaban J connectivity index is 2.25. The summed E-state index contributed by atoms with van der Waals surface area (Å²) in [6.45, 7) is 3.08. The number of aliphatic hydroxyl groups is 1. The van der Waals surface area contributed by atoms with E-state index in [2.05, 4.69) is 15.4 Å². The zero-order valence-corrected chi connectivity index (χ0v) is 10.2. The number of nitrogens with two attached hydrogens (primary N) is 2. The Morgan fingerprint density at radius 2 is 2.39 bits per heavy atom. The van der Waals surface area contributed by atoms with Gasteiger partial charge in [0.05, 0.1) is 25.4 Å². The number of aromatic nitrogens is 2. The summed E-state index contributed by atoms with van der Waals surface area (Å²) in [5.74, 6) is 6.61. The number of nitrogens with zero attached hydrogens (tertiary/aromatic N) is 3. The molecule has 1 fully saturated rings. The first-order valence-electron chi connectivity index (χ1n) is 5.74. The van der Waals surface area contributed by atoms with Gasteiger partial charge in [-0.25, -0.2) is 5.84 Å². The molecule has 0 amide bonds. The van der Waals surface area contributed by atoms with E-state index in [4.69, 9.17) is 21.4 Å². The molecule has 0 bridgehead atoms. The van der Waals surface area contributed by atoms with Crippen LogP contribution in [0, 0.1) is 0 Å². The van der Waals surface area contributed by atoms with Crippen molar-refractivity contribution in [3.63, 3.8) is 0 Å². The highest BCUT2D eigenvalue weighted by atomic mass is 16.5. The first kappa shape index (κ1) is 12.8. The molecular formula is C10H18N6O2. The third kappa shape index (κ3) is 2.61. The van der Waals surface area contributed by atoms with Gasteiger partial charge in [-0.2, -0.15) is 9.97 Å². The molecule has 0 aromatic carbocycles. The largest absolute Gasteiger partial charge is 0.394 e. The molecule has 1 saturated heterocycles. The Kier molecular flexibility index (Phi) is 3.80. The molecule has 18 heavy (non-hydrogen) atoms. The van der Waals surface area contributed by atoms with Crippen molar-refractivity contribution in [2.24, 2.45) is 5.84 Å². The number of aliphatic hydroxyl groups excluding tert-OH is 1. The van der Waals surface area contributed by atoms with Crippen LogP contribution in [0.3, 0.4) is 0 Å². The molecule has 0 aliphatic carbocycles. The average molecular weight is 254 g/mol. The average Bonchev–Trinajstić information content (AvgIpc) is 2.38. The van der Waals surface area contributed by atoms with Gasteiger partial charge in [0.1, 0.15) is 11.6 Å². The number of nitrogen functional groups attached to an aromatic ring is 2. The van der Waals surface area contributed by atoms with Crippen LogP contribution in [0.15, 0.2) is 6.07 Å². The van der Waals surface area contributed by atoms with Crippen LogP contribution in [0.1, 0.15) is 6.92 Å². The maximum Gasteiger partial charge on any atom is 0.223 e. The molecule has 1 aromatic heterocycles. The van der Waals surface area contributed by atoms with E-state index >= 15 is 0 Å². The minimum atomic E-state index is -0.216. The summed E-state index contributed by atoms with van der Waals surface area (Å²) in [5.41, 5.74) is 8.08. The minimum Gasteiger partial charge on any atom is -0.394 e. The molecule has 8 heteroatoms. The molecule has 2 atom stereocenters. The number of hydrogen-bond donors (Lipinski definition) is 4. The van der Waals surface area contributed by atoms with Crippen LogP contribution in [0.4, 0.5) is 17.6 Å². The predicted octanol–water partition coefficient (Wildman–Crippen LogP) is -1.07. The molecule has 0 saturated carbocycles. The smallest absolute Gasteiger partial charge is 0.223 e. The van der Waals surface area contributed by atoms with Crippen molar-refractivity contribution in [2.45, 2.75) is 19.1 Å². The molecule has 1 aromatic rings. The summed E-state index contributed by atoms with van der Waals surface area (Å²) >= 11 is 0. The lowest BCUT2D eigenvalue weighted by molar-refractivity contribution is -0.0105. The minimum absolute atomic E-state index is 0.0220. The van der Waals surface area contributed by atoms with Crippen LogP contribution in [0.25, 0.3) is 0 Å². The monoisotopic (exact) mass is 254 g/mol. The molecule has 0 radical (unpaired) electrons.